The summed E-state index contributed by atoms with van der Waals surface area (Å²) in [4.78, 5) is 33.6. The number of fused-ring (bicyclic) bond motifs is 1. The van der Waals surface area contributed by atoms with Crippen molar-refractivity contribution < 1.29 is 4.79 Å². The smallest absolute Gasteiger partial charge is 0.315 e. The quantitative estimate of drug-likeness (QED) is 0.407. The molecular weight excluding hydrogens is 424 g/mol. The number of urea groups is 1. The zero-order valence-electron chi connectivity index (χ0n) is 20.3. The van der Waals surface area contributed by atoms with E-state index in [4.69, 9.17) is 4.98 Å². The second kappa shape index (κ2) is 9.51. The molecule has 6 heteroatoms. The van der Waals surface area contributed by atoms with Crippen LogP contribution in [0.4, 0.5) is 10.5 Å². The number of aromatic nitrogens is 2. The molecule has 0 fully saturated rings. The van der Waals surface area contributed by atoms with E-state index in [1.807, 2.05) is 95.3 Å². The second-order valence-corrected chi connectivity index (χ2v) is 8.63. The average Bonchev–Trinajstić information content (AvgIpc) is 2.82. The van der Waals surface area contributed by atoms with E-state index in [1.54, 1.807) is 15.5 Å². The highest BCUT2D eigenvalue weighted by Crippen LogP contribution is 2.25. The maximum atomic E-state index is 13.6. The molecule has 3 aromatic carbocycles. The van der Waals surface area contributed by atoms with Crippen molar-refractivity contribution in [2.45, 2.75) is 40.7 Å². The van der Waals surface area contributed by atoms with E-state index in [-0.39, 0.29) is 11.6 Å². The van der Waals surface area contributed by atoms with Crippen LogP contribution in [0.3, 0.4) is 0 Å². The van der Waals surface area contributed by atoms with Crippen LogP contribution in [-0.2, 0) is 0 Å². The SMILES string of the molecule is CCN(C(=O)Nc1c(C)cccc1C)C(C)c1nc2ccccc2c(=O)n1-c1cccc(C)c1. The van der Waals surface area contributed by atoms with Gasteiger partial charge in [-0.2, -0.15) is 0 Å². The molecule has 2 amide bonds. The standard InChI is InChI=1S/C28H30N4O2/c1-6-31(28(34)30-25-19(3)12-10-13-20(25)4)21(5)26-29-24-16-8-7-15-23(24)27(33)32(26)22-14-9-11-18(2)17-22/h7-17,21H,6H2,1-5H3,(H,30,34). The Labute approximate surface area is 199 Å². The van der Waals surface area contributed by atoms with Crippen LogP contribution in [-0.4, -0.2) is 27.0 Å². The van der Waals surface area contributed by atoms with Gasteiger partial charge in [-0.3, -0.25) is 9.36 Å². The molecule has 0 saturated carbocycles. The molecule has 34 heavy (non-hydrogen) atoms. The highest BCUT2D eigenvalue weighted by molar-refractivity contribution is 5.91. The van der Waals surface area contributed by atoms with Crippen molar-refractivity contribution >= 4 is 22.6 Å². The lowest BCUT2D eigenvalue weighted by atomic mass is 10.1. The van der Waals surface area contributed by atoms with E-state index in [1.165, 1.54) is 0 Å². The first-order valence-corrected chi connectivity index (χ1v) is 11.5. The summed E-state index contributed by atoms with van der Waals surface area (Å²) in [5.74, 6) is 0.521. The highest BCUT2D eigenvalue weighted by Gasteiger charge is 2.26. The summed E-state index contributed by atoms with van der Waals surface area (Å²) < 4.78 is 1.63. The Balaban J connectivity index is 1.83. The Bertz CT molecular complexity index is 1400. The van der Waals surface area contributed by atoms with Crippen LogP contribution in [0.1, 0.15) is 42.4 Å². The summed E-state index contributed by atoms with van der Waals surface area (Å²) in [5.41, 5.74) is 5.04. The van der Waals surface area contributed by atoms with Crippen LogP contribution in [0.2, 0.25) is 0 Å². The zero-order chi connectivity index (χ0) is 24.4. The van der Waals surface area contributed by atoms with Gasteiger partial charge in [-0.1, -0.05) is 42.5 Å². The normalized spacial score (nSPS) is 11.9. The number of nitrogens with zero attached hydrogens (tertiary/aromatic N) is 3. The maximum absolute atomic E-state index is 13.6. The maximum Gasteiger partial charge on any atom is 0.322 e. The number of rotatable bonds is 5. The second-order valence-electron chi connectivity index (χ2n) is 8.63. The van der Waals surface area contributed by atoms with Crippen molar-refractivity contribution in [3.8, 4) is 5.69 Å². The number of carbonyl (C=O) groups excluding carboxylic acids is 1. The number of para-hydroxylation sites is 2. The van der Waals surface area contributed by atoms with E-state index >= 15 is 0 Å². The third-order valence-corrected chi connectivity index (χ3v) is 6.22. The van der Waals surface area contributed by atoms with Gasteiger partial charge in [0.05, 0.1) is 22.6 Å². The Morgan fingerprint density at radius 1 is 1.00 bits per heavy atom. The Morgan fingerprint density at radius 2 is 1.68 bits per heavy atom. The summed E-state index contributed by atoms with van der Waals surface area (Å²) >= 11 is 0. The molecule has 1 N–H and O–H groups in total. The predicted molar refractivity (Wildman–Crippen MR) is 138 cm³/mol. The highest BCUT2D eigenvalue weighted by atomic mass is 16.2. The Hall–Kier alpha value is -3.93. The Morgan fingerprint density at radius 3 is 2.35 bits per heavy atom. The molecule has 174 valence electrons. The van der Waals surface area contributed by atoms with E-state index in [2.05, 4.69) is 5.32 Å². The van der Waals surface area contributed by atoms with E-state index in [9.17, 15) is 9.59 Å². The van der Waals surface area contributed by atoms with Gasteiger partial charge in [0.25, 0.3) is 5.56 Å². The van der Waals surface area contributed by atoms with E-state index < -0.39 is 6.04 Å². The predicted octanol–water partition coefficient (Wildman–Crippen LogP) is 5.93. The van der Waals surface area contributed by atoms with Crippen LogP contribution in [0, 0.1) is 20.8 Å². The third kappa shape index (κ3) is 4.31. The summed E-state index contributed by atoms with van der Waals surface area (Å²) in [6.45, 7) is 10.2. The third-order valence-electron chi connectivity index (χ3n) is 6.22. The fraction of sp³-hybridized carbons (Fsp3) is 0.250. The average molecular weight is 455 g/mol. The minimum Gasteiger partial charge on any atom is -0.315 e. The molecule has 0 bridgehead atoms. The molecule has 0 saturated heterocycles. The van der Waals surface area contributed by atoms with Crippen LogP contribution in [0.15, 0.2) is 71.5 Å². The molecule has 4 rings (SSSR count). The molecule has 0 aliphatic carbocycles. The number of benzene rings is 3. The summed E-state index contributed by atoms with van der Waals surface area (Å²) in [5, 5.41) is 3.62. The Kier molecular flexibility index (Phi) is 6.50. The molecule has 0 spiro atoms. The van der Waals surface area contributed by atoms with Crippen molar-refractivity contribution in [2.75, 3.05) is 11.9 Å². The summed E-state index contributed by atoms with van der Waals surface area (Å²) in [6.07, 6.45) is 0. The first-order valence-electron chi connectivity index (χ1n) is 11.5. The van der Waals surface area contributed by atoms with Gasteiger partial charge in [-0.05, 0) is 75.6 Å². The van der Waals surface area contributed by atoms with Crippen molar-refractivity contribution in [1.82, 2.24) is 14.5 Å². The minimum absolute atomic E-state index is 0.149. The number of aryl methyl sites for hydroxylation is 3. The van der Waals surface area contributed by atoms with E-state index in [0.717, 1.165) is 28.1 Å². The first kappa shape index (κ1) is 23.2. The van der Waals surface area contributed by atoms with Gasteiger partial charge in [0.2, 0.25) is 0 Å². The number of hydrogen-bond donors (Lipinski definition) is 1. The fourth-order valence-corrected chi connectivity index (χ4v) is 4.37. The number of hydrogen-bond acceptors (Lipinski definition) is 3. The van der Waals surface area contributed by atoms with Gasteiger partial charge in [0.1, 0.15) is 5.82 Å². The van der Waals surface area contributed by atoms with Crippen LogP contribution in [0.5, 0.6) is 0 Å². The summed E-state index contributed by atoms with van der Waals surface area (Å²) in [7, 11) is 0. The molecule has 1 unspecified atom stereocenters. The van der Waals surface area contributed by atoms with Crippen molar-refractivity contribution in [2.24, 2.45) is 0 Å². The summed E-state index contributed by atoms with van der Waals surface area (Å²) in [6, 6.07) is 20.3. The number of amides is 2. The topological polar surface area (TPSA) is 67.2 Å². The van der Waals surface area contributed by atoms with Gasteiger partial charge in [0, 0.05) is 12.2 Å². The zero-order valence-corrected chi connectivity index (χ0v) is 20.3. The van der Waals surface area contributed by atoms with Gasteiger partial charge in [0.15, 0.2) is 0 Å². The van der Waals surface area contributed by atoms with Gasteiger partial charge in [-0.15, -0.1) is 0 Å². The lowest BCUT2D eigenvalue weighted by Crippen LogP contribution is -2.40. The monoisotopic (exact) mass is 454 g/mol. The lowest BCUT2D eigenvalue weighted by molar-refractivity contribution is 0.193. The fourth-order valence-electron chi connectivity index (χ4n) is 4.37. The molecule has 4 aromatic rings. The van der Waals surface area contributed by atoms with Crippen LogP contribution < -0.4 is 10.9 Å². The van der Waals surface area contributed by atoms with Crippen molar-refractivity contribution in [3.63, 3.8) is 0 Å². The molecule has 1 atom stereocenters. The first-order chi connectivity index (χ1) is 16.3. The van der Waals surface area contributed by atoms with Crippen molar-refractivity contribution in [3.05, 3.63) is 99.6 Å². The molecule has 0 aliphatic rings. The molecule has 0 radical (unpaired) electrons. The number of anilines is 1. The largest absolute Gasteiger partial charge is 0.322 e. The molecule has 1 heterocycles. The van der Waals surface area contributed by atoms with Crippen molar-refractivity contribution in [1.29, 1.82) is 0 Å². The van der Waals surface area contributed by atoms with Crippen LogP contribution >= 0.6 is 0 Å². The molecule has 1 aromatic heterocycles. The lowest BCUT2D eigenvalue weighted by Gasteiger charge is -2.30. The van der Waals surface area contributed by atoms with Gasteiger partial charge in [-0.25, -0.2) is 9.78 Å². The number of nitrogens with one attached hydrogen (secondary N) is 1. The minimum atomic E-state index is -0.452. The molecule has 0 aliphatic heterocycles. The van der Waals surface area contributed by atoms with E-state index in [0.29, 0.717) is 23.3 Å². The van der Waals surface area contributed by atoms with Gasteiger partial charge >= 0.3 is 6.03 Å². The molecule has 6 nitrogen and oxygen atoms in total. The van der Waals surface area contributed by atoms with Crippen LogP contribution in [0.25, 0.3) is 16.6 Å². The number of carbonyl (C=O) groups is 1. The molecular formula is C28H30N4O2. The van der Waals surface area contributed by atoms with Gasteiger partial charge < -0.3 is 10.2 Å².